The van der Waals surface area contributed by atoms with Gasteiger partial charge in [0.05, 0.1) is 12.8 Å². The maximum absolute atomic E-state index is 12.4. The molecule has 1 aromatic carbocycles. The Morgan fingerprint density at radius 2 is 2.26 bits per heavy atom. The van der Waals surface area contributed by atoms with Gasteiger partial charge in [0.2, 0.25) is 5.91 Å². The van der Waals surface area contributed by atoms with Crippen molar-refractivity contribution in [2.45, 2.75) is 25.8 Å². The van der Waals surface area contributed by atoms with Crippen LogP contribution < -0.4 is 15.4 Å². The van der Waals surface area contributed by atoms with Crippen LogP contribution >= 0.6 is 11.3 Å². The van der Waals surface area contributed by atoms with Crippen LogP contribution in [0.1, 0.15) is 19.8 Å². The molecule has 0 saturated carbocycles. The number of anilines is 1. The fraction of sp³-hybridized carbons (Fsp3) is 0.412. The molecule has 23 heavy (non-hydrogen) atoms. The van der Waals surface area contributed by atoms with Crippen molar-refractivity contribution in [3.63, 3.8) is 0 Å². The van der Waals surface area contributed by atoms with Crippen molar-refractivity contribution in [3.8, 4) is 17.0 Å². The summed E-state index contributed by atoms with van der Waals surface area (Å²) in [5, 5.41) is 8.91. The van der Waals surface area contributed by atoms with Gasteiger partial charge in [0, 0.05) is 22.9 Å². The molecule has 3 rings (SSSR count). The molecule has 6 heteroatoms. The Labute approximate surface area is 140 Å². The first-order chi connectivity index (χ1) is 11.2. The number of ether oxygens (including phenoxy) is 1. The smallest absolute Gasteiger partial charge is 0.229 e. The van der Waals surface area contributed by atoms with Gasteiger partial charge in [0.1, 0.15) is 5.75 Å². The summed E-state index contributed by atoms with van der Waals surface area (Å²) < 4.78 is 5.37. The van der Waals surface area contributed by atoms with Crippen LogP contribution in [0.3, 0.4) is 0 Å². The van der Waals surface area contributed by atoms with Gasteiger partial charge in [-0.25, -0.2) is 4.98 Å². The summed E-state index contributed by atoms with van der Waals surface area (Å²) >= 11 is 1.44. The number of hydrogen-bond acceptors (Lipinski definition) is 5. The molecule has 1 fully saturated rings. The number of nitrogens with zero attached hydrogens (tertiary/aromatic N) is 1. The Hall–Kier alpha value is -1.92. The van der Waals surface area contributed by atoms with Crippen molar-refractivity contribution in [1.29, 1.82) is 0 Å². The molecular formula is C17H21N3O2S. The second-order valence-electron chi connectivity index (χ2n) is 5.80. The highest BCUT2D eigenvalue weighted by atomic mass is 32.1. The summed E-state index contributed by atoms with van der Waals surface area (Å²) in [7, 11) is 1.65. The van der Waals surface area contributed by atoms with Crippen LogP contribution in [0.4, 0.5) is 5.13 Å². The van der Waals surface area contributed by atoms with Crippen molar-refractivity contribution in [2.24, 2.45) is 5.92 Å². The van der Waals surface area contributed by atoms with Crippen molar-refractivity contribution in [3.05, 3.63) is 29.6 Å². The van der Waals surface area contributed by atoms with Crippen LogP contribution in [-0.2, 0) is 4.79 Å². The molecule has 0 bridgehead atoms. The third-order valence-electron chi connectivity index (χ3n) is 4.11. The number of amides is 1. The molecule has 1 aliphatic rings. The lowest BCUT2D eigenvalue weighted by Gasteiger charge is -2.26. The number of thiazole rings is 1. The number of methoxy groups -OCH3 is 1. The minimum atomic E-state index is 0.0601. The first-order valence-electron chi connectivity index (χ1n) is 7.80. The first-order valence-corrected chi connectivity index (χ1v) is 8.68. The van der Waals surface area contributed by atoms with E-state index in [4.69, 9.17) is 4.74 Å². The fourth-order valence-corrected chi connectivity index (χ4v) is 3.60. The van der Waals surface area contributed by atoms with Crippen LogP contribution in [0.15, 0.2) is 29.6 Å². The van der Waals surface area contributed by atoms with E-state index in [9.17, 15) is 4.79 Å². The Balaban J connectivity index is 1.71. The van der Waals surface area contributed by atoms with Gasteiger partial charge in [-0.15, -0.1) is 11.3 Å². The Morgan fingerprint density at radius 1 is 1.43 bits per heavy atom. The monoisotopic (exact) mass is 331 g/mol. The summed E-state index contributed by atoms with van der Waals surface area (Å²) in [4.78, 5) is 16.9. The van der Waals surface area contributed by atoms with Gasteiger partial charge >= 0.3 is 0 Å². The number of aromatic nitrogens is 1. The van der Waals surface area contributed by atoms with Crippen molar-refractivity contribution >= 4 is 22.4 Å². The van der Waals surface area contributed by atoms with Crippen LogP contribution in [0.5, 0.6) is 5.75 Å². The Bertz CT molecular complexity index is 686. The number of benzene rings is 1. The molecule has 2 N–H and O–H groups in total. The zero-order valence-electron chi connectivity index (χ0n) is 13.3. The second kappa shape index (κ2) is 7.10. The van der Waals surface area contributed by atoms with Gasteiger partial charge < -0.3 is 15.4 Å². The molecule has 2 atom stereocenters. The van der Waals surface area contributed by atoms with E-state index >= 15 is 0 Å². The molecule has 1 aromatic heterocycles. The van der Waals surface area contributed by atoms with E-state index in [0.29, 0.717) is 11.2 Å². The van der Waals surface area contributed by atoms with Gasteiger partial charge in [-0.3, -0.25) is 4.79 Å². The van der Waals surface area contributed by atoms with Gasteiger partial charge in [-0.2, -0.15) is 0 Å². The number of nitrogens with one attached hydrogen (secondary N) is 2. The highest BCUT2D eigenvalue weighted by Crippen LogP contribution is 2.32. The molecule has 2 heterocycles. The third kappa shape index (κ3) is 3.71. The molecule has 1 amide bonds. The molecule has 0 unspecified atom stereocenters. The van der Waals surface area contributed by atoms with E-state index in [-0.39, 0.29) is 11.8 Å². The maximum atomic E-state index is 12.4. The number of carbonyl (C=O) groups excluding carboxylic acids is 1. The maximum Gasteiger partial charge on any atom is 0.229 e. The molecule has 0 spiro atoms. The summed E-state index contributed by atoms with van der Waals surface area (Å²) in [6, 6.07) is 8.14. The fourth-order valence-electron chi connectivity index (χ4n) is 2.89. The number of carbonyl (C=O) groups is 1. The van der Waals surface area contributed by atoms with Crippen LogP contribution in [0.2, 0.25) is 0 Å². The predicted octanol–water partition coefficient (Wildman–Crippen LogP) is 3.15. The third-order valence-corrected chi connectivity index (χ3v) is 4.87. The SMILES string of the molecule is COc1ccccc1-c1csc(NC(=O)[C@H]2CCN[C@@H](C)C2)n1. The van der Waals surface area contributed by atoms with E-state index in [1.165, 1.54) is 11.3 Å². The number of para-hydroxylation sites is 1. The lowest BCUT2D eigenvalue weighted by Crippen LogP contribution is -2.40. The van der Waals surface area contributed by atoms with Gasteiger partial charge in [0.25, 0.3) is 0 Å². The predicted molar refractivity (Wildman–Crippen MR) is 92.9 cm³/mol. The zero-order chi connectivity index (χ0) is 16.2. The van der Waals surface area contributed by atoms with E-state index < -0.39 is 0 Å². The topological polar surface area (TPSA) is 63.2 Å². The van der Waals surface area contributed by atoms with Crippen LogP contribution in [-0.4, -0.2) is 30.6 Å². The van der Waals surface area contributed by atoms with Gasteiger partial charge in [-0.05, 0) is 38.4 Å². The minimum Gasteiger partial charge on any atom is -0.496 e. The molecule has 1 aliphatic heterocycles. The molecule has 5 nitrogen and oxygen atoms in total. The van der Waals surface area contributed by atoms with Gasteiger partial charge in [-0.1, -0.05) is 12.1 Å². The zero-order valence-corrected chi connectivity index (χ0v) is 14.2. The standard InChI is InChI=1S/C17H21N3O2S/c1-11-9-12(7-8-18-11)16(21)20-17-19-14(10-23-17)13-5-3-4-6-15(13)22-2/h3-6,10-12,18H,7-9H2,1-2H3,(H,19,20,21)/t11-,12-/m0/s1. The number of hydrogen-bond donors (Lipinski definition) is 2. The average Bonchev–Trinajstić information content (AvgIpc) is 3.03. The lowest BCUT2D eigenvalue weighted by molar-refractivity contribution is -0.120. The minimum absolute atomic E-state index is 0.0601. The Kier molecular flexibility index (Phi) is 4.93. The quantitative estimate of drug-likeness (QED) is 0.903. The molecule has 2 aromatic rings. The van der Waals surface area contributed by atoms with Gasteiger partial charge in [0.15, 0.2) is 5.13 Å². The van der Waals surface area contributed by atoms with Crippen molar-refractivity contribution in [1.82, 2.24) is 10.3 Å². The molecule has 0 radical (unpaired) electrons. The van der Waals surface area contributed by atoms with E-state index in [1.54, 1.807) is 7.11 Å². The number of piperidine rings is 1. The lowest BCUT2D eigenvalue weighted by atomic mass is 9.92. The summed E-state index contributed by atoms with van der Waals surface area (Å²) in [5.74, 6) is 0.909. The Morgan fingerprint density at radius 3 is 3.04 bits per heavy atom. The van der Waals surface area contributed by atoms with E-state index in [2.05, 4.69) is 22.5 Å². The molecule has 1 saturated heterocycles. The van der Waals surface area contributed by atoms with Crippen LogP contribution in [0.25, 0.3) is 11.3 Å². The number of rotatable bonds is 4. The van der Waals surface area contributed by atoms with Crippen molar-refractivity contribution in [2.75, 3.05) is 19.0 Å². The normalized spacial score (nSPS) is 21.0. The highest BCUT2D eigenvalue weighted by Gasteiger charge is 2.25. The summed E-state index contributed by atoms with van der Waals surface area (Å²) in [6.45, 7) is 3.01. The van der Waals surface area contributed by atoms with Crippen molar-refractivity contribution < 1.29 is 9.53 Å². The molecule has 122 valence electrons. The van der Waals surface area contributed by atoms with E-state index in [0.717, 1.165) is 36.4 Å². The molecular weight excluding hydrogens is 310 g/mol. The summed E-state index contributed by atoms with van der Waals surface area (Å²) in [5.41, 5.74) is 1.75. The van der Waals surface area contributed by atoms with Crippen LogP contribution in [0, 0.1) is 5.92 Å². The second-order valence-corrected chi connectivity index (χ2v) is 6.66. The van der Waals surface area contributed by atoms with E-state index in [1.807, 2.05) is 29.6 Å². The average molecular weight is 331 g/mol. The first kappa shape index (κ1) is 16.0. The summed E-state index contributed by atoms with van der Waals surface area (Å²) in [6.07, 6.45) is 1.75. The molecule has 0 aliphatic carbocycles. The highest BCUT2D eigenvalue weighted by molar-refractivity contribution is 7.14. The largest absolute Gasteiger partial charge is 0.496 e.